The molecule has 1 nitrogen and oxygen atoms in total. The van der Waals surface area contributed by atoms with Crippen molar-refractivity contribution in [2.75, 3.05) is 6.54 Å². The standard InChI is InChI=1S/C13H18FN/c1-9(2)15-7-11-5-4-10(3)6-12(11)13(14)8-15/h4-6,9,13H,7-8H2,1-3H3. The zero-order valence-electron chi connectivity index (χ0n) is 9.63. The smallest absolute Gasteiger partial charge is 0.138 e. The van der Waals surface area contributed by atoms with E-state index in [4.69, 9.17) is 0 Å². The molecule has 0 N–H and O–H groups in total. The predicted octanol–water partition coefficient (Wildman–Crippen LogP) is 3.23. The van der Waals surface area contributed by atoms with Crippen LogP contribution in [-0.4, -0.2) is 17.5 Å². The van der Waals surface area contributed by atoms with Gasteiger partial charge in [-0.2, -0.15) is 0 Å². The fourth-order valence-electron chi connectivity index (χ4n) is 2.13. The highest BCUT2D eigenvalue weighted by atomic mass is 19.1. The summed E-state index contributed by atoms with van der Waals surface area (Å²) >= 11 is 0. The summed E-state index contributed by atoms with van der Waals surface area (Å²) in [5.74, 6) is 0. The van der Waals surface area contributed by atoms with Gasteiger partial charge in [0.15, 0.2) is 0 Å². The first-order chi connectivity index (χ1) is 7.08. The minimum Gasteiger partial charge on any atom is -0.293 e. The van der Waals surface area contributed by atoms with Crippen molar-refractivity contribution in [2.45, 2.75) is 39.5 Å². The van der Waals surface area contributed by atoms with Crippen molar-refractivity contribution in [2.24, 2.45) is 0 Å². The van der Waals surface area contributed by atoms with Crippen molar-refractivity contribution in [1.29, 1.82) is 0 Å². The number of fused-ring (bicyclic) bond motifs is 1. The Kier molecular flexibility index (Phi) is 2.79. The van der Waals surface area contributed by atoms with Crippen molar-refractivity contribution in [1.82, 2.24) is 4.90 Å². The average Bonchev–Trinajstić information content (AvgIpc) is 2.18. The molecular formula is C13H18FN. The topological polar surface area (TPSA) is 3.24 Å². The fraction of sp³-hybridized carbons (Fsp3) is 0.538. The lowest BCUT2D eigenvalue weighted by Crippen LogP contribution is -2.37. The van der Waals surface area contributed by atoms with Crippen LogP contribution < -0.4 is 0 Å². The molecule has 0 radical (unpaired) electrons. The molecule has 1 aliphatic rings. The third kappa shape index (κ3) is 2.05. The van der Waals surface area contributed by atoms with Gasteiger partial charge in [-0.25, -0.2) is 4.39 Å². The second kappa shape index (κ2) is 3.93. The molecule has 0 bridgehead atoms. The molecule has 0 fully saturated rings. The summed E-state index contributed by atoms with van der Waals surface area (Å²) in [6, 6.07) is 6.52. The van der Waals surface area contributed by atoms with Crippen LogP contribution in [0.4, 0.5) is 4.39 Å². The molecule has 1 aromatic carbocycles. The highest BCUT2D eigenvalue weighted by molar-refractivity contribution is 5.35. The summed E-state index contributed by atoms with van der Waals surface area (Å²) in [4.78, 5) is 2.18. The molecule has 0 spiro atoms. The number of alkyl halides is 1. The third-order valence-corrected chi connectivity index (χ3v) is 3.14. The lowest BCUT2D eigenvalue weighted by Gasteiger charge is -2.34. The van der Waals surface area contributed by atoms with E-state index in [1.165, 1.54) is 0 Å². The van der Waals surface area contributed by atoms with E-state index >= 15 is 0 Å². The number of aryl methyl sites for hydroxylation is 1. The van der Waals surface area contributed by atoms with Gasteiger partial charge < -0.3 is 0 Å². The molecule has 2 heteroatoms. The van der Waals surface area contributed by atoms with Crippen LogP contribution in [0, 0.1) is 6.92 Å². The van der Waals surface area contributed by atoms with E-state index in [1.54, 1.807) is 0 Å². The first-order valence-corrected chi connectivity index (χ1v) is 5.55. The molecule has 1 aliphatic heterocycles. The van der Waals surface area contributed by atoms with E-state index in [0.717, 1.165) is 23.2 Å². The molecule has 1 heterocycles. The Labute approximate surface area is 90.9 Å². The lowest BCUT2D eigenvalue weighted by molar-refractivity contribution is 0.133. The summed E-state index contributed by atoms with van der Waals surface area (Å²) in [7, 11) is 0. The van der Waals surface area contributed by atoms with E-state index in [1.807, 2.05) is 13.0 Å². The molecule has 0 amide bonds. The van der Waals surface area contributed by atoms with Crippen LogP contribution >= 0.6 is 0 Å². The zero-order valence-corrected chi connectivity index (χ0v) is 9.63. The Morgan fingerprint density at radius 3 is 2.80 bits per heavy atom. The number of nitrogens with zero attached hydrogens (tertiary/aromatic N) is 1. The van der Waals surface area contributed by atoms with E-state index in [2.05, 4.69) is 30.9 Å². The zero-order chi connectivity index (χ0) is 11.0. The summed E-state index contributed by atoms with van der Waals surface area (Å²) in [5, 5.41) is 0. The van der Waals surface area contributed by atoms with Crippen LogP contribution in [0.2, 0.25) is 0 Å². The van der Waals surface area contributed by atoms with Crippen LogP contribution in [0.25, 0.3) is 0 Å². The average molecular weight is 207 g/mol. The third-order valence-electron chi connectivity index (χ3n) is 3.14. The molecule has 1 aromatic rings. The van der Waals surface area contributed by atoms with Crippen LogP contribution in [0.5, 0.6) is 0 Å². The number of rotatable bonds is 1. The highest BCUT2D eigenvalue weighted by Crippen LogP contribution is 2.30. The summed E-state index contributed by atoms with van der Waals surface area (Å²) in [6.07, 6.45) is -0.823. The van der Waals surface area contributed by atoms with Crippen molar-refractivity contribution < 1.29 is 4.39 Å². The van der Waals surface area contributed by atoms with Gasteiger partial charge in [0.25, 0.3) is 0 Å². The van der Waals surface area contributed by atoms with E-state index in [-0.39, 0.29) is 0 Å². The molecule has 15 heavy (non-hydrogen) atoms. The molecule has 1 atom stereocenters. The molecule has 1 unspecified atom stereocenters. The molecule has 2 rings (SSSR count). The van der Waals surface area contributed by atoms with Gasteiger partial charge in [0.1, 0.15) is 6.17 Å². The maximum absolute atomic E-state index is 13.9. The number of hydrogen-bond acceptors (Lipinski definition) is 1. The second-order valence-corrected chi connectivity index (χ2v) is 4.69. The lowest BCUT2D eigenvalue weighted by atomic mass is 9.95. The Morgan fingerprint density at radius 2 is 2.13 bits per heavy atom. The van der Waals surface area contributed by atoms with Crippen LogP contribution in [0.1, 0.15) is 36.7 Å². The second-order valence-electron chi connectivity index (χ2n) is 4.69. The van der Waals surface area contributed by atoms with Gasteiger partial charge in [0, 0.05) is 19.1 Å². The summed E-state index contributed by atoms with van der Waals surface area (Å²) in [6.45, 7) is 7.67. The molecular weight excluding hydrogens is 189 g/mol. The monoisotopic (exact) mass is 207 g/mol. The van der Waals surface area contributed by atoms with Crippen LogP contribution in [0.3, 0.4) is 0 Å². The Hall–Kier alpha value is -0.890. The van der Waals surface area contributed by atoms with Gasteiger partial charge in [0.05, 0.1) is 0 Å². The van der Waals surface area contributed by atoms with E-state index < -0.39 is 6.17 Å². The van der Waals surface area contributed by atoms with Gasteiger partial charge in [-0.15, -0.1) is 0 Å². The first-order valence-electron chi connectivity index (χ1n) is 5.55. The van der Waals surface area contributed by atoms with Crippen LogP contribution in [-0.2, 0) is 6.54 Å². The molecule has 0 saturated carbocycles. The normalized spacial score (nSPS) is 21.8. The molecule has 0 aromatic heterocycles. The maximum atomic E-state index is 13.9. The Balaban J connectivity index is 2.32. The maximum Gasteiger partial charge on any atom is 0.138 e. The minimum atomic E-state index is -0.823. The Bertz CT molecular complexity index is 360. The van der Waals surface area contributed by atoms with E-state index in [0.29, 0.717) is 12.6 Å². The van der Waals surface area contributed by atoms with Crippen LogP contribution in [0.15, 0.2) is 18.2 Å². The van der Waals surface area contributed by atoms with Crippen molar-refractivity contribution in [3.05, 3.63) is 34.9 Å². The molecule has 0 saturated heterocycles. The Morgan fingerprint density at radius 1 is 1.40 bits per heavy atom. The molecule has 82 valence electrons. The van der Waals surface area contributed by atoms with Crippen molar-refractivity contribution in [3.8, 4) is 0 Å². The number of halogens is 1. The van der Waals surface area contributed by atoms with Gasteiger partial charge >= 0.3 is 0 Å². The predicted molar refractivity (Wildman–Crippen MR) is 60.6 cm³/mol. The van der Waals surface area contributed by atoms with Gasteiger partial charge in [-0.05, 0) is 31.9 Å². The van der Waals surface area contributed by atoms with Gasteiger partial charge in [0.2, 0.25) is 0 Å². The highest BCUT2D eigenvalue weighted by Gasteiger charge is 2.26. The first kappa shape index (κ1) is 10.6. The van der Waals surface area contributed by atoms with Crippen molar-refractivity contribution in [3.63, 3.8) is 0 Å². The van der Waals surface area contributed by atoms with Gasteiger partial charge in [-0.1, -0.05) is 23.8 Å². The summed E-state index contributed by atoms with van der Waals surface area (Å²) in [5.41, 5.74) is 3.19. The SMILES string of the molecule is Cc1ccc2c(c1)C(F)CN(C(C)C)C2. The largest absolute Gasteiger partial charge is 0.293 e. The fourth-order valence-corrected chi connectivity index (χ4v) is 2.13. The van der Waals surface area contributed by atoms with Gasteiger partial charge in [-0.3, -0.25) is 4.90 Å². The van der Waals surface area contributed by atoms with E-state index in [9.17, 15) is 4.39 Å². The number of hydrogen-bond donors (Lipinski definition) is 0. The number of benzene rings is 1. The quantitative estimate of drug-likeness (QED) is 0.683. The van der Waals surface area contributed by atoms with Crippen molar-refractivity contribution >= 4 is 0 Å². The molecule has 0 aliphatic carbocycles. The minimum absolute atomic E-state index is 0.415. The summed E-state index contributed by atoms with van der Waals surface area (Å²) < 4.78 is 13.9.